The molecule has 15 heavy (non-hydrogen) atoms. The molecule has 0 aliphatic rings. The van der Waals surface area contributed by atoms with Crippen LogP contribution in [0.2, 0.25) is 0 Å². The van der Waals surface area contributed by atoms with Crippen LogP contribution in [0.1, 0.15) is 25.8 Å². The van der Waals surface area contributed by atoms with Crippen molar-refractivity contribution in [1.29, 1.82) is 0 Å². The molecule has 1 atom stereocenters. The highest BCUT2D eigenvalue weighted by atomic mass is 16.1. The highest BCUT2D eigenvalue weighted by Gasteiger charge is 1.99. The quantitative estimate of drug-likeness (QED) is 0.528. The van der Waals surface area contributed by atoms with E-state index in [1.807, 2.05) is 19.1 Å². The van der Waals surface area contributed by atoms with Crippen molar-refractivity contribution in [2.24, 2.45) is 5.92 Å². The first-order valence-electron chi connectivity index (χ1n) is 5.40. The average molecular weight is 202 g/mol. The highest BCUT2D eigenvalue weighted by Crippen LogP contribution is 2.11. The topological polar surface area (TPSA) is 17.1 Å². The van der Waals surface area contributed by atoms with Crippen LogP contribution in [0.3, 0.4) is 0 Å². The van der Waals surface area contributed by atoms with E-state index in [9.17, 15) is 4.79 Å². The predicted molar refractivity (Wildman–Crippen MR) is 63.7 cm³/mol. The molecule has 0 amide bonds. The molecule has 1 aromatic carbocycles. The van der Waals surface area contributed by atoms with Crippen LogP contribution in [-0.2, 0) is 11.2 Å². The van der Waals surface area contributed by atoms with Crippen LogP contribution in [-0.4, -0.2) is 6.29 Å². The highest BCUT2D eigenvalue weighted by molar-refractivity contribution is 5.72. The molecule has 0 spiro atoms. The van der Waals surface area contributed by atoms with Crippen molar-refractivity contribution in [3.63, 3.8) is 0 Å². The van der Waals surface area contributed by atoms with Gasteiger partial charge in [0.25, 0.3) is 0 Å². The number of benzene rings is 1. The second kappa shape index (κ2) is 6.18. The van der Waals surface area contributed by atoms with E-state index in [4.69, 9.17) is 0 Å². The van der Waals surface area contributed by atoms with E-state index in [1.165, 1.54) is 5.56 Å². The number of aldehydes is 1. The van der Waals surface area contributed by atoms with Gasteiger partial charge in [0, 0.05) is 0 Å². The van der Waals surface area contributed by atoms with Crippen LogP contribution in [0.15, 0.2) is 42.0 Å². The van der Waals surface area contributed by atoms with Crippen molar-refractivity contribution >= 4 is 6.29 Å². The smallest absolute Gasteiger partial charge is 0.145 e. The Hall–Kier alpha value is -1.37. The van der Waals surface area contributed by atoms with E-state index < -0.39 is 0 Å². The number of aryl methyl sites for hydroxylation is 1. The lowest BCUT2D eigenvalue weighted by Crippen LogP contribution is -1.95. The molecule has 0 aliphatic heterocycles. The lowest BCUT2D eigenvalue weighted by atomic mass is 9.99. The van der Waals surface area contributed by atoms with Gasteiger partial charge in [0.15, 0.2) is 0 Å². The van der Waals surface area contributed by atoms with Crippen molar-refractivity contribution in [3.05, 3.63) is 47.5 Å². The monoisotopic (exact) mass is 202 g/mol. The summed E-state index contributed by atoms with van der Waals surface area (Å²) < 4.78 is 0. The summed E-state index contributed by atoms with van der Waals surface area (Å²) in [6.07, 6.45) is 5.12. The first kappa shape index (κ1) is 11.7. The third kappa shape index (κ3) is 4.59. The molecule has 0 bridgehead atoms. The third-order valence-corrected chi connectivity index (χ3v) is 2.46. The number of rotatable bonds is 5. The fraction of sp³-hybridized carbons (Fsp3) is 0.357. The van der Waals surface area contributed by atoms with Crippen LogP contribution in [0.5, 0.6) is 0 Å². The number of carbonyl (C=O) groups excluding carboxylic acids is 1. The Labute approximate surface area is 91.8 Å². The van der Waals surface area contributed by atoms with Crippen molar-refractivity contribution in [2.45, 2.75) is 26.7 Å². The van der Waals surface area contributed by atoms with E-state index in [0.717, 1.165) is 24.7 Å². The molecule has 1 aromatic rings. The van der Waals surface area contributed by atoms with Gasteiger partial charge in [-0.1, -0.05) is 43.3 Å². The zero-order valence-corrected chi connectivity index (χ0v) is 9.44. The normalized spacial score (nSPS) is 13.6. The van der Waals surface area contributed by atoms with Crippen LogP contribution < -0.4 is 0 Å². The van der Waals surface area contributed by atoms with Gasteiger partial charge in [-0.25, -0.2) is 0 Å². The van der Waals surface area contributed by atoms with E-state index in [0.29, 0.717) is 5.92 Å². The minimum Gasteiger partial charge on any atom is -0.298 e. The average Bonchev–Trinajstić information content (AvgIpc) is 2.27. The molecular weight excluding hydrogens is 184 g/mol. The first-order chi connectivity index (χ1) is 7.22. The minimum absolute atomic E-state index is 0.468. The van der Waals surface area contributed by atoms with Gasteiger partial charge in [0.05, 0.1) is 0 Å². The van der Waals surface area contributed by atoms with Gasteiger partial charge < -0.3 is 0 Å². The molecule has 0 saturated heterocycles. The summed E-state index contributed by atoms with van der Waals surface area (Å²) in [5, 5.41) is 0. The molecule has 0 unspecified atom stereocenters. The second-order valence-electron chi connectivity index (χ2n) is 4.03. The van der Waals surface area contributed by atoms with Gasteiger partial charge >= 0.3 is 0 Å². The van der Waals surface area contributed by atoms with Crippen molar-refractivity contribution in [1.82, 2.24) is 0 Å². The Morgan fingerprint density at radius 3 is 2.60 bits per heavy atom. The summed E-state index contributed by atoms with van der Waals surface area (Å²) in [4.78, 5) is 10.4. The second-order valence-corrected chi connectivity index (χ2v) is 4.03. The predicted octanol–water partition coefficient (Wildman–Crippen LogP) is 3.40. The lowest BCUT2D eigenvalue weighted by Gasteiger charge is -2.06. The number of hydrogen-bond acceptors (Lipinski definition) is 1. The summed E-state index contributed by atoms with van der Waals surface area (Å²) in [6, 6.07) is 10.4. The van der Waals surface area contributed by atoms with Crippen LogP contribution >= 0.6 is 0 Å². The SMILES string of the molecule is C/C(C=O)=C\[C@@H](C)CCc1ccccc1. The molecule has 0 fully saturated rings. The number of allylic oxidation sites excluding steroid dienone is 2. The van der Waals surface area contributed by atoms with Gasteiger partial charge in [0.1, 0.15) is 6.29 Å². The van der Waals surface area contributed by atoms with Crippen molar-refractivity contribution < 1.29 is 4.79 Å². The van der Waals surface area contributed by atoms with E-state index >= 15 is 0 Å². The maximum atomic E-state index is 10.4. The zero-order valence-electron chi connectivity index (χ0n) is 9.44. The fourth-order valence-electron chi connectivity index (χ4n) is 1.61. The molecule has 1 rings (SSSR count). The van der Waals surface area contributed by atoms with Gasteiger partial charge in [0.2, 0.25) is 0 Å². The lowest BCUT2D eigenvalue weighted by molar-refractivity contribution is -0.104. The zero-order chi connectivity index (χ0) is 11.1. The van der Waals surface area contributed by atoms with E-state index in [1.54, 1.807) is 0 Å². The summed E-state index contributed by atoms with van der Waals surface area (Å²) in [5.41, 5.74) is 2.19. The molecule has 1 nitrogen and oxygen atoms in total. The number of hydrogen-bond donors (Lipinski definition) is 0. The summed E-state index contributed by atoms with van der Waals surface area (Å²) in [7, 11) is 0. The Morgan fingerprint density at radius 2 is 2.00 bits per heavy atom. The molecule has 0 heterocycles. The molecule has 80 valence electrons. The molecule has 0 aromatic heterocycles. The summed E-state index contributed by atoms with van der Waals surface area (Å²) in [6.45, 7) is 4.00. The van der Waals surface area contributed by atoms with Crippen molar-refractivity contribution in [2.75, 3.05) is 0 Å². The molecule has 0 saturated carbocycles. The standard InChI is InChI=1S/C14H18O/c1-12(10-13(2)11-15)8-9-14-6-4-3-5-7-14/h3-7,10-12H,8-9H2,1-2H3/b13-10+/t12-/m0/s1. The molecule has 0 N–H and O–H groups in total. The minimum atomic E-state index is 0.468. The number of carbonyl (C=O) groups is 1. The fourth-order valence-corrected chi connectivity index (χ4v) is 1.61. The Bertz CT molecular complexity index is 324. The Morgan fingerprint density at radius 1 is 1.33 bits per heavy atom. The molecule has 0 aliphatic carbocycles. The van der Waals surface area contributed by atoms with Gasteiger partial charge in [-0.3, -0.25) is 4.79 Å². The molecular formula is C14H18O. The first-order valence-corrected chi connectivity index (χ1v) is 5.40. The maximum Gasteiger partial charge on any atom is 0.145 e. The van der Waals surface area contributed by atoms with Gasteiger partial charge in [-0.2, -0.15) is 0 Å². The van der Waals surface area contributed by atoms with E-state index in [-0.39, 0.29) is 0 Å². The molecule has 1 heteroatoms. The van der Waals surface area contributed by atoms with Crippen LogP contribution in [0.4, 0.5) is 0 Å². The summed E-state index contributed by atoms with van der Waals surface area (Å²) >= 11 is 0. The summed E-state index contributed by atoms with van der Waals surface area (Å²) in [5.74, 6) is 0.468. The molecule has 0 radical (unpaired) electrons. The third-order valence-electron chi connectivity index (χ3n) is 2.46. The van der Waals surface area contributed by atoms with Gasteiger partial charge in [-0.15, -0.1) is 0 Å². The van der Waals surface area contributed by atoms with E-state index in [2.05, 4.69) is 31.2 Å². The van der Waals surface area contributed by atoms with Crippen molar-refractivity contribution in [3.8, 4) is 0 Å². The van der Waals surface area contributed by atoms with Gasteiger partial charge in [-0.05, 0) is 36.8 Å². The Balaban J connectivity index is 2.41. The Kier molecular flexibility index (Phi) is 4.82. The largest absolute Gasteiger partial charge is 0.298 e. The van der Waals surface area contributed by atoms with Crippen LogP contribution in [0, 0.1) is 5.92 Å². The van der Waals surface area contributed by atoms with Crippen LogP contribution in [0.25, 0.3) is 0 Å². The maximum absolute atomic E-state index is 10.4.